The van der Waals surface area contributed by atoms with Crippen molar-refractivity contribution in [3.63, 3.8) is 0 Å². The van der Waals surface area contributed by atoms with E-state index in [0.29, 0.717) is 16.3 Å². The van der Waals surface area contributed by atoms with E-state index in [1.165, 1.54) is 4.52 Å². The second-order valence-electron chi connectivity index (χ2n) is 5.14. The van der Waals surface area contributed by atoms with Gasteiger partial charge in [-0.15, -0.1) is 0 Å². The molecule has 1 N–H and O–H groups in total. The molecule has 0 aliphatic rings. The molecule has 3 rings (SSSR count). The van der Waals surface area contributed by atoms with Gasteiger partial charge in [-0.05, 0) is 25.5 Å². The highest BCUT2D eigenvalue weighted by Gasteiger charge is 2.21. The van der Waals surface area contributed by atoms with Crippen LogP contribution in [0.25, 0.3) is 16.8 Å². The van der Waals surface area contributed by atoms with Gasteiger partial charge in [-0.2, -0.15) is 5.10 Å². The molecule has 6 nitrogen and oxygen atoms in total. The van der Waals surface area contributed by atoms with Crippen molar-refractivity contribution < 1.29 is 9.53 Å². The highest BCUT2D eigenvalue weighted by Crippen LogP contribution is 2.25. The number of aryl methyl sites for hydroxylation is 1. The van der Waals surface area contributed by atoms with Crippen LogP contribution in [-0.4, -0.2) is 27.2 Å². The number of carbonyl (C=O) groups is 1. The molecule has 24 heavy (non-hydrogen) atoms. The van der Waals surface area contributed by atoms with Gasteiger partial charge in [0.15, 0.2) is 11.2 Å². The Bertz CT molecular complexity index is 1010. The molecule has 0 saturated carbocycles. The van der Waals surface area contributed by atoms with Crippen molar-refractivity contribution in [3.05, 3.63) is 56.1 Å². The smallest absolute Gasteiger partial charge is 0.360 e. The van der Waals surface area contributed by atoms with Gasteiger partial charge in [0, 0.05) is 10.6 Å². The van der Waals surface area contributed by atoms with E-state index in [9.17, 15) is 9.59 Å². The molecule has 0 radical (unpaired) electrons. The monoisotopic (exact) mass is 365 g/mol. The number of hydrogen-bond acceptors (Lipinski definition) is 4. The maximum Gasteiger partial charge on any atom is 0.360 e. The zero-order chi connectivity index (χ0) is 17.4. The van der Waals surface area contributed by atoms with Gasteiger partial charge in [0.25, 0.3) is 5.56 Å². The first-order valence-corrected chi connectivity index (χ1v) is 7.92. The topological polar surface area (TPSA) is 76.5 Å². The van der Waals surface area contributed by atoms with Crippen LogP contribution in [0.5, 0.6) is 0 Å². The summed E-state index contributed by atoms with van der Waals surface area (Å²) >= 11 is 12.2. The van der Waals surface area contributed by atoms with Crippen molar-refractivity contribution in [2.75, 3.05) is 6.61 Å². The Morgan fingerprint density at radius 2 is 2.12 bits per heavy atom. The number of nitrogens with zero attached hydrogens (tertiary/aromatic N) is 2. The van der Waals surface area contributed by atoms with E-state index in [2.05, 4.69) is 10.1 Å². The van der Waals surface area contributed by atoms with E-state index in [-0.39, 0.29) is 22.8 Å². The Hall–Kier alpha value is -2.31. The summed E-state index contributed by atoms with van der Waals surface area (Å²) in [5, 5.41) is 4.62. The molecule has 3 aromatic rings. The largest absolute Gasteiger partial charge is 0.461 e. The number of hydrogen-bond donors (Lipinski definition) is 1. The van der Waals surface area contributed by atoms with Crippen molar-refractivity contribution in [1.29, 1.82) is 0 Å². The minimum Gasteiger partial charge on any atom is -0.461 e. The van der Waals surface area contributed by atoms with Gasteiger partial charge in [-0.25, -0.2) is 9.31 Å². The van der Waals surface area contributed by atoms with Crippen LogP contribution in [0, 0.1) is 6.92 Å². The molecular formula is C16H13Cl2N3O3. The van der Waals surface area contributed by atoms with Crippen LogP contribution in [0.2, 0.25) is 10.0 Å². The van der Waals surface area contributed by atoms with Crippen molar-refractivity contribution in [3.8, 4) is 11.3 Å². The molecule has 0 bridgehead atoms. The summed E-state index contributed by atoms with van der Waals surface area (Å²) in [6.07, 6.45) is 1.58. The number of benzene rings is 1. The highest BCUT2D eigenvalue weighted by molar-refractivity contribution is 6.36. The summed E-state index contributed by atoms with van der Waals surface area (Å²) in [4.78, 5) is 27.0. The molecule has 0 amide bonds. The van der Waals surface area contributed by atoms with Crippen LogP contribution in [0.15, 0.2) is 29.2 Å². The summed E-state index contributed by atoms with van der Waals surface area (Å²) in [5.41, 5.74) is 1.68. The Balaban J connectivity index is 2.18. The lowest BCUT2D eigenvalue weighted by atomic mass is 10.1. The first-order chi connectivity index (χ1) is 11.4. The fourth-order valence-electron chi connectivity index (χ4n) is 2.28. The van der Waals surface area contributed by atoms with Crippen LogP contribution in [0.1, 0.15) is 23.0 Å². The van der Waals surface area contributed by atoms with Gasteiger partial charge in [-0.1, -0.05) is 35.3 Å². The van der Waals surface area contributed by atoms with Gasteiger partial charge in [-0.3, -0.25) is 4.79 Å². The number of aromatic nitrogens is 3. The normalized spacial score (nSPS) is 11.0. The number of H-pyrrole nitrogens is 1. The predicted molar refractivity (Wildman–Crippen MR) is 92.0 cm³/mol. The van der Waals surface area contributed by atoms with Crippen LogP contribution >= 0.6 is 23.2 Å². The van der Waals surface area contributed by atoms with E-state index in [1.54, 1.807) is 19.2 Å². The molecule has 8 heteroatoms. The third kappa shape index (κ3) is 2.79. The molecule has 2 heterocycles. The number of aromatic amines is 1. The molecule has 0 aliphatic carbocycles. The maximum absolute atomic E-state index is 12.4. The molecule has 0 saturated heterocycles. The molecule has 0 atom stereocenters. The lowest BCUT2D eigenvalue weighted by Crippen LogP contribution is -2.11. The van der Waals surface area contributed by atoms with Gasteiger partial charge in [0.2, 0.25) is 0 Å². The first kappa shape index (κ1) is 16.5. The molecule has 124 valence electrons. The van der Waals surface area contributed by atoms with Crippen molar-refractivity contribution >= 4 is 34.7 Å². The summed E-state index contributed by atoms with van der Waals surface area (Å²) in [7, 11) is 0. The van der Waals surface area contributed by atoms with Crippen LogP contribution in [0.4, 0.5) is 0 Å². The van der Waals surface area contributed by atoms with Gasteiger partial charge in [0.1, 0.15) is 5.02 Å². The molecule has 0 spiro atoms. The quantitative estimate of drug-likeness (QED) is 0.720. The number of rotatable bonds is 3. The van der Waals surface area contributed by atoms with Crippen molar-refractivity contribution in [2.24, 2.45) is 0 Å². The number of nitrogens with one attached hydrogen (secondary N) is 1. The lowest BCUT2D eigenvalue weighted by Gasteiger charge is -2.05. The fourth-order valence-corrected chi connectivity index (χ4v) is 2.75. The summed E-state index contributed by atoms with van der Waals surface area (Å²) in [6, 6.07) is 5.42. The van der Waals surface area contributed by atoms with E-state index >= 15 is 0 Å². The molecular weight excluding hydrogens is 353 g/mol. The Labute approximate surface area is 147 Å². The van der Waals surface area contributed by atoms with Crippen molar-refractivity contribution in [1.82, 2.24) is 14.6 Å². The number of halogens is 2. The van der Waals surface area contributed by atoms with Crippen molar-refractivity contribution in [2.45, 2.75) is 13.8 Å². The number of carbonyl (C=O) groups excluding carboxylic acids is 1. The molecule has 0 unspecified atom stereocenters. The number of fused-ring (bicyclic) bond motifs is 1. The van der Waals surface area contributed by atoms with E-state index in [1.807, 2.05) is 19.1 Å². The van der Waals surface area contributed by atoms with Crippen LogP contribution in [-0.2, 0) is 4.74 Å². The number of ether oxygens (including phenoxy) is 1. The van der Waals surface area contributed by atoms with E-state index in [4.69, 9.17) is 27.9 Å². The SMILES string of the molecule is CCOC(=O)c1nn2cc(-c3ccc(C)c(Cl)c3)[nH]c(=O)c2c1Cl. The molecule has 0 aliphatic heterocycles. The van der Waals surface area contributed by atoms with Gasteiger partial charge in [0.05, 0.1) is 18.5 Å². The van der Waals surface area contributed by atoms with E-state index < -0.39 is 11.5 Å². The zero-order valence-electron chi connectivity index (χ0n) is 12.9. The van der Waals surface area contributed by atoms with Gasteiger partial charge < -0.3 is 9.72 Å². The lowest BCUT2D eigenvalue weighted by molar-refractivity contribution is 0.0519. The maximum atomic E-state index is 12.4. The first-order valence-electron chi connectivity index (χ1n) is 7.17. The number of esters is 1. The second-order valence-corrected chi connectivity index (χ2v) is 5.92. The molecule has 0 fully saturated rings. The Morgan fingerprint density at radius 1 is 1.38 bits per heavy atom. The van der Waals surface area contributed by atoms with E-state index in [0.717, 1.165) is 5.56 Å². The summed E-state index contributed by atoms with van der Waals surface area (Å²) in [5.74, 6) is -0.675. The third-order valence-electron chi connectivity index (χ3n) is 3.52. The zero-order valence-corrected chi connectivity index (χ0v) is 14.4. The molecule has 2 aromatic heterocycles. The minimum atomic E-state index is -0.675. The standard InChI is InChI=1S/C16H13Cl2N3O3/c1-3-24-16(23)13-12(18)14-15(22)19-11(7-21(14)20-13)9-5-4-8(2)10(17)6-9/h4-7H,3H2,1-2H3,(H,19,22). The average Bonchev–Trinajstić information content (AvgIpc) is 2.87. The highest BCUT2D eigenvalue weighted by atomic mass is 35.5. The Morgan fingerprint density at radius 3 is 2.79 bits per heavy atom. The molecule has 1 aromatic carbocycles. The summed E-state index contributed by atoms with van der Waals surface area (Å²) < 4.78 is 6.17. The third-order valence-corrected chi connectivity index (χ3v) is 4.28. The van der Waals surface area contributed by atoms with Crippen LogP contribution < -0.4 is 5.56 Å². The van der Waals surface area contributed by atoms with Gasteiger partial charge >= 0.3 is 5.97 Å². The average molecular weight is 366 g/mol. The van der Waals surface area contributed by atoms with Crippen LogP contribution in [0.3, 0.4) is 0 Å². The fraction of sp³-hybridized carbons (Fsp3) is 0.188. The predicted octanol–water partition coefficient (Wildman–Crippen LogP) is 3.48. The second kappa shape index (κ2) is 6.30. The minimum absolute atomic E-state index is 0.0387. The Kier molecular flexibility index (Phi) is 4.34. The summed E-state index contributed by atoms with van der Waals surface area (Å²) in [6.45, 7) is 3.75.